The Morgan fingerprint density at radius 1 is 1.47 bits per heavy atom. The van der Waals surface area contributed by atoms with Crippen molar-refractivity contribution in [2.45, 2.75) is 39.0 Å². The number of hydrogen-bond donors (Lipinski definition) is 1. The molecule has 1 N–H and O–H groups in total. The van der Waals surface area contributed by atoms with E-state index in [1.165, 1.54) is 12.8 Å². The van der Waals surface area contributed by atoms with Gasteiger partial charge in [-0.05, 0) is 32.2 Å². The lowest BCUT2D eigenvalue weighted by molar-refractivity contribution is 0.102. The van der Waals surface area contributed by atoms with Crippen LogP contribution in [0.25, 0.3) is 0 Å². The van der Waals surface area contributed by atoms with Crippen molar-refractivity contribution in [1.29, 1.82) is 0 Å². The summed E-state index contributed by atoms with van der Waals surface area (Å²) in [6.45, 7) is 6.61. The van der Waals surface area contributed by atoms with Gasteiger partial charge in [-0.25, -0.2) is 4.79 Å². The molecular weight excluding hydrogens is 216 g/mol. The van der Waals surface area contributed by atoms with E-state index in [0.29, 0.717) is 12.0 Å². The molecule has 98 valence electrons. The van der Waals surface area contributed by atoms with E-state index < -0.39 is 0 Å². The first-order valence-electron chi connectivity index (χ1n) is 6.88. The van der Waals surface area contributed by atoms with Gasteiger partial charge in [0.25, 0.3) is 0 Å². The predicted molar refractivity (Wildman–Crippen MR) is 67.0 cm³/mol. The summed E-state index contributed by atoms with van der Waals surface area (Å²) in [6, 6.07) is 0. The van der Waals surface area contributed by atoms with Gasteiger partial charge in [0.05, 0.1) is 6.61 Å². The highest BCUT2D eigenvalue weighted by Crippen LogP contribution is 2.36. The number of nitrogens with zero attached hydrogens (tertiary/aromatic N) is 1. The van der Waals surface area contributed by atoms with Crippen LogP contribution in [0, 0.1) is 5.41 Å². The fourth-order valence-corrected chi connectivity index (χ4v) is 2.86. The smallest absolute Gasteiger partial charge is 0.409 e. The Balaban J connectivity index is 1.78. The van der Waals surface area contributed by atoms with E-state index in [1.54, 1.807) is 0 Å². The second-order valence-corrected chi connectivity index (χ2v) is 5.42. The molecule has 2 fully saturated rings. The van der Waals surface area contributed by atoms with Gasteiger partial charge in [0, 0.05) is 25.0 Å². The number of hydrogen-bond acceptors (Lipinski definition) is 3. The van der Waals surface area contributed by atoms with Crippen LogP contribution in [-0.2, 0) is 4.74 Å². The average molecular weight is 240 g/mol. The third-order valence-electron chi connectivity index (χ3n) is 3.98. The van der Waals surface area contributed by atoms with Crippen LogP contribution in [0.4, 0.5) is 4.79 Å². The zero-order valence-corrected chi connectivity index (χ0v) is 10.8. The van der Waals surface area contributed by atoms with Crippen molar-refractivity contribution in [2.75, 3.05) is 32.8 Å². The van der Waals surface area contributed by atoms with Crippen molar-refractivity contribution in [1.82, 2.24) is 10.2 Å². The minimum Gasteiger partial charge on any atom is -0.449 e. The number of carbonyl (C=O) groups excluding carboxylic acids is 1. The van der Waals surface area contributed by atoms with Crippen molar-refractivity contribution in [3.05, 3.63) is 0 Å². The van der Waals surface area contributed by atoms with E-state index in [2.05, 4.69) is 12.2 Å². The van der Waals surface area contributed by atoms with Crippen LogP contribution in [0.5, 0.6) is 0 Å². The predicted octanol–water partition coefficient (Wildman–Crippen LogP) is 2.00. The summed E-state index contributed by atoms with van der Waals surface area (Å²) in [5, 5.41) is 3.45. The second-order valence-electron chi connectivity index (χ2n) is 5.42. The fraction of sp³-hybridized carbons (Fsp3) is 0.923. The summed E-state index contributed by atoms with van der Waals surface area (Å²) >= 11 is 0. The molecule has 1 unspecified atom stereocenters. The first-order chi connectivity index (χ1) is 8.26. The Morgan fingerprint density at radius 2 is 2.35 bits per heavy atom. The first-order valence-corrected chi connectivity index (χ1v) is 6.88. The molecule has 0 aromatic rings. The van der Waals surface area contributed by atoms with Gasteiger partial charge in [-0.3, -0.25) is 0 Å². The number of likely N-dealkylation sites (tertiary alicyclic amines) is 1. The van der Waals surface area contributed by atoms with Crippen LogP contribution in [0.1, 0.15) is 39.0 Å². The van der Waals surface area contributed by atoms with Crippen molar-refractivity contribution in [2.24, 2.45) is 5.41 Å². The number of piperidine rings is 1. The zero-order valence-electron chi connectivity index (χ0n) is 10.8. The van der Waals surface area contributed by atoms with Crippen LogP contribution >= 0.6 is 0 Å². The molecule has 1 atom stereocenters. The highest BCUT2D eigenvalue weighted by Gasteiger charge is 2.41. The molecule has 1 amide bonds. The normalized spacial score (nSPS) is 28.6. The standard InChI is InChI=1S/C13H24N2O2/c1-2-3-9-17-12(16)15-8-6-13(11-15)5-4-7-14-10-13/h14H,2-11H2,1H3. The van der Waals surface area contributed by atoms with Crippen LogP contribution in [-0.4, -0.2) is 43.8 Å². The third kappa shape index (κ3) is 3.12. The maximum absolute atomic E-state index is 11.8. The molecule has 17 heavy (non-hydrogen) atoms. The van der Waals surface area contributed by atoms with Gasteiger partial charge in [0.15, 0.2) is 0 Å². The molecule has 1 spiro atoms. The molecule has 0 saturated carbocycles. The third-order valence-corrected chi connectivity index (χ3v) is 3.98. The Hall–Kier alpha value is -0.770. The largest absolute Gasteiger partial charge is 0.449 e. The van der Waals surface area contributed by atoms with Crippen molar-refractivity contribution < 1.29 is 9.53 Å². The molecule has 4 heteroatoms. The van der Waals surface area contributed by atoms with E-state index in [9.17, 15) is 4.79 Å². The second kappa shape index (κ2) is 5.71. The maximum atomic E-state index is 11.8. The molecule has 2 aliphatic rings. The van der Waals surface area contributed by atoms with E-state index in [-0.39, 0.29) is 6.09 Å². The summed E-state index contributed by atoms with van der Waals surface area (Å²) in [5.74, 6) is 0. The molecule has 0 radical (unpaired) electrons. The monoisotopic (exact) mass is 240 g/mol. The molecule has 2 aliphatic heterocycles. The van der Waals surface area contributed by atoms with Gasteiger partial charge in [-0.15, -0.1) is 0 Å². The fourth-order valence-electron chi connectivity index (χ4n) is 2.86. The summed E-state index contributed by atoms with van der Waals surface area (Å²) in [4.78, 5) is 13.7. The number of ether oxygens (including phenoxy) is 1. The number of nitrogens with one attached hydrogen (secondary N) is 1. The summed E-state index contributed by atoms with van der Waals surface area (Å²) in [7, 11) is 0. The number of rotatable bonds is 3. The average Bonchev–Trinajstić information content (AvgIpc) is 2.74. The van der Waals surface area contributed by atoms with Gasteiger partial charge >= 0.3 is 6.09 Å². The first kappa shape index (κ1) is 12.7. The molecule has 4 nitrogen and oxygen atoms in total. The molecule has 0 aromatic heterocycles. The molecule has 2 rings (SSSR count). The molecule has 2 saturated heterocycles. The van der Waals surface area contributed by atoms with Gasteiger partial charge in [0.2, 0.25) is 0 Å². The number of amides is 1. The summed E-state index contributed by atoms with van der Waals surface area (Å²) in [6.07, 6.45) is 5.54. The molecule has 0 aromatic carbocycles. The minimum atomic E-state index is -0.110. The van der Waals surface area contributed by atoms with Gasteiger partial charge in [-0.2, -0.15) is 0 Å². The lowest BCUT2D eigenvalue weighted by Crippen LogP contribution is -2.42. The minimum absolute atomic E-state index is 0.110. The SMILES string of the molecule is CCCCOC(=O)N1CCC2(CCCNC2)C1. The van der Waals surface area contributed by atoms with Crippen molar-refractivity contribution in [3.63, 3.8) is 0 Å². The lowest BCUT2D eigenvalue weighted by atomic mass is 9.80. The highest BCUT2D eigenvalue weighted by molar-refractivity contribution is 5.68. The van der Waals surface area contributed by atoms with Gasteiger partial charge in [-0.1, -0.05) is 13.3 Å². The van der Waals surface area contributed by atoms with Crippen molar-refractivity contribution >= 4 is 6.09 Å². The lowest BCUT2D eigenvalue weighted by Gasteiger charge is -2.33. The van der Waals surface area contributed by atoms with E-state index in [4.69, 9.17) is 4.74 Å². The van der Waals surface area contributed by atoms with Crippen molar-refractivity contribution in [3.8, 4) is 0 Å². The molecule has 0 aliphatic carbocycles. The van der Waals surface area contributed by atoms with Crippen LogP contribution < -0.4 is 5.32 Å². The zero-order chi connectivity index (χ0) is 12.1. The quantitative estimate of drug-likeness (QED) is 0.767. The van der Waals surface area contributed by atoms with Crippen LogP contribution in [0.15, 0.2) is 0 Å². The Labute approximate surface area is 104 Å². The molecule has 0 bridgehead atoms. The van der Waals surface area contributed by atoms with Crippen LogP contribution in [0.3, 0.4) is 0 Å². The van der Waals surface area contributed by atoms with E-state index in [1.807, 2.05) is 4.90 Å². The topological polar surface area (TPSA) is 41.6 Å². The van der Waals surface area contributed by atoms with E-state index >= 15 is 0 Å². The van der Waals surface area contributed by atoms with E-state index in [0.717, 1.165) is 45.4 Å². The van der Waals surface area contributed by atoms with Gasteiger partial charge in [0.1, 0.15) is 0 Å². The van der Waals surface area contributed by atoms with Crippen LogP contribution in [0.2, 0.25) is 0 Å². The molecular formula is C13H24N2O2. The maximum Gasteiger partial charge on any atom is 0.409 e. The Bertz CT molecular complexity index is 262. The summed E-state index contributed by atoms with van der Waals surface area (Å²) < 4.78 is 5.27. The number of unbranched alkanes of at least 4 members (excludes halogenated alkanes) is 1. The number of carbonyl (C=O) groups is 1. The highest BCUT2D eigenvalue weighted by atomic mass is 16.6. The Morgan fingerprint density at radius 3 is 3.06 bits per heavy atom. The molecule has 2 heterocycles. The summed E-state index contributed by atoms with van der Waals surface area (Å²) in [5.41, 5.74) is 0.335. The van der Waals surface area contributed by atoms with Gasteiger partial charge < -0.3 is 15.0 Å². The Kier molecular flexibility index (Phi) is 4.26.